The van der Waals surface area contributed by atoms with E-state index in [-0.39, 0.29) is 0 Å². The van der Waals surface area contributed by atoms with Gasteiger partial charge < -0.3 is 24.8 Å². The number of ether oxygens (including phenoxy) is 3. The van der Waals surface area contributed by atoms with Crippen molar-refractivity contribution in [2.24, 2.45) is 0 Å². The summed E-state index contributed by atoms with van der Waals surface area (Å²) in [6, 6.07) is 13.9. The van der Waals surface area contributed by atoms with Crippen LogP contribution in [0.1, 0.15) is 24.1 Å². The molecule has 1 aliphatic rings. The number of allylic oxidation sites excluding steroid dienone is 1. The molecule has 0 bridgehead atoms. The molecule has 28 heavy (non-hydrogen) atoms. The van der Waals surface area contributed by atoms with Gasteiger partial charge in [0.15, 0.2) is 11.5 Å². The molecular formula is C21H22N2O5. The first-order chi connectivity index (χ1) is 13.5. The number of methoxy groups -OCH3 is 2. The third kappa shape index (κ3) is 3.93. The summed E-state index contributed by atoms with van der Waals surface area (Å²) in [5, 5.41) is 5.38. The average molecular weight is 382 g/mol. The molecule has 7 nitrogen and oxygen atoms in total. The van der Waals surface area contributed by atoms with Crippen LogP contribution in [0.2, 0.25) is 0 Å². The van der Waals surface area contributed by atoms with Crippen molar-refractivity contribution in [1.82, 2.24) is 10.6 Å². The standard InChI is InChI=1S/C21H22N2O5/c1-13-17(20(24)27-3)18(23-21(25)22-13)15-10-7-11-16(26-2)19(15)28-12-14-8-5-4-6-9-14/h4-11,18H,12H2,1-3H3,(H2,22,23,25)/t18-/m1/s1. The Balaban J connectivity index is 2.03. The molecule has 0 spiro atoms. The zero-order chi connectivity index (χ0) is 20.1. The first-order valence-corrected chi connectivity index (χ1v) is 8.75. The van der Waals surface area contributed by atoms with E-state index in [4.69, 9.17) is 14.2 Å². The highest BCUT2D eigenvalue weighted by Gasteiger charge is 2.34. The molecule has 2 aromatic carbocycles. The van der Waals surface area contributed by atoms with Crippen molar-refractivity contribution in [3.63, 3.8) is 0 Å². The van der Waals surface area contributed by atoms with Crippen LogP contribution in [0.3, 0.4) is 0 Å². The van der Waals surface area contributed by atoms with Crippen molar-refractivity contribution in [3.8, 4) is 11.5 Å². The maximum atomic E-state index is 12.4. The van der Waals surface area contributed by atoms with Gasteiger partial charge in [0.25, 0.3) is 0 Å². The number of carbonyl (C=O) groups excluding carboxylic acids is 2. The number of esters is 1. The number of nitrogens with one attached hydrogen (secondary N) is 2. The second-order valence-corrected chi connectivity index (χ2v) is 6.21. The Hall–Kier alpha value is -3.48. The van der Waals surface area contributed by atoms with Crippen LogP contribution in [0.25, 0.3) is 0 Å². The predicted molar refractivity (Wildman–Crippen MR) is 103 cm³/mol. The summed E-state index contributed by atoms with van der Waals surface area (Å²) in [6.45, 7) is 1.96. The smallest absolute Gasteiger partial charge is 0.337 e. The molecule has 0 unspecified atom stereocenters. The highest BCUT2D eigenvalue weighted by atomic mass is 16.5. The molecule has 0 aromatic heterocycles. The highest BCUT2D eigenvalue weighted by Crippen LogP contribution is 2.39. The first kappa shape index (κ1) is 19.3. The van der Waals surface area contributed by atoms with Crippen LogP contribution in [0.5, 0.6) is 11.5 Å². The Bertz CT molecular complexity index is 908. The SMILES string of the molecule is COC(=O)C1=C(C)NC(=O)N[C@@H]1c1cccc(OC)c1OCc1ccccc1. The molecular weight excluding hydrogens is 360 g/mol. The van der Waals surface area contributed by atoms with E-state index in [0.717, 1.165) is 5.56 Å². The van der Waals surface area contributed by atoms with Crippen molar-refractivity contribution >= 4 is 12.0 Å². The summed E-state index contributed by atoms with van der Waals surface area (Å²) in [5.41, 5.74) is 2.32. The predicted octanol–water partition coefficient (Wildman–Crippen LogP) is 3.08. The molecule has 0 radical (unpaired) electrons. The molecule has 2 amide bonds. The maximum absolute atomic E-state index is 12.4. The number of hydrogen-bond acceptors (Lipinski definition) is 5. The molecule has 0 saturated heterocycles. The molecule has 0 aliphatic carbocycles. The summed E-state index contributed by atoms with van der Waals surface area (Å²) >= 11 is 0. The number of hydrogen-bond donors (Lipinski definition) is 2. The molecule has 2 aromatic rings. The highest BCUT2D eigenvalue weighted by molar-refractivity contribution is 5.95. The second kappa shape index (κ2) is 8.47. The van der Waals surface area contributed by atoms with E-state index in [2.05, 4.69) is 10.6 Å². The Kier molecular flexibility index (Phi) is 5.84. The largest absolute Gasteiger partial charge is 0.493 e. The van der Waals surface area contributed by atoms with Gasteiger partial charge in [0.05, 0.1) is 25.8 Å². The maximum Gasteiger partial charge on any atom is 0.337 e. The Morgan fingerprint density at radius 1 is 1.07 bits per heavy atom. The van der Waals surface area contributed by atoms with Gasteiger partial charge in [-0.15, -0.1) is 0 Å². The molecule has 1 atom stereocenters. The third-order valence-corrected chi connectivity index (χ3v) is 4.44. The molecule has 146 valence electrons. The lowest BCUT2D eigenvalue weighted by Gasteiger charge is -2.29. The van der Waals surface area contributed by atoms with E-state index < -0.39 is 18.0 Å². The van der Waals surface area contributed by atoms with Crippen LogP contribution >= 0.6 is 0 Å². The van der Waals surface area contributed by atoms with Gasteiger partial charge in [-0.3, -0.25) is 0 Å². The molecule has 1 aliphatic heterocycles. The van der Waals surface area contributed by atoms with Crippen molar-refractivity contribution in [1.29, 1.82) is 0 Å². The van der Waals surface area contributed by atoms with Crippen LogP contribution < -0.4 is 20.1 Å². The number of rotatable bonds is 6. The van der Waals surface area contributed by atoms with Gasteiger partial charge in [-0.1, -0.05) is 42.5 Å². The summed E-state index contributed by atoms with van der Waals surface area (Å²) in [5.74, 6) is 0.421. The van der Waals surface area contributed by atoms with Crippen molar-refractivity contribution < 1.29 is 23.8 Å². The van der Waals surface area contributed by atoms with Crippen LogP contribution in [0.4, 0.5) is 4.79 Å². The average Bonchev–Trinajstić information content (AvgIpc) is 2.71. The zero-order valence-corrected chi connectivity index (χ0v) is 15.9. The molecule has 0 saturated carbocycles. The number of benzene rings is 2. The van der Waals surface area contributed by atoms with Gasteiger partial charge in [-0.2, -0.15) is 0 Å². The van der Waals surface area contributed by atoms with Crippen molar-refractivity contribution in [2.75, 3.05) is 14.2 Å². The van der Waals surface area contributed by atoms with Gasteiger partial charge in [0, 0.05) is 11.3 Å². The monoisotopic (exact) mass is 382 g/mol. The van der Waals surface area contributed by atoms with E-state index in [1.807, 2.05) is 30.3 Å². The Labute approximate surface area is 163 Å². The number of carbonyl (C=O) groups is 2. The van der Waals surface area contributed by atoms with Gasteiger partial charge >= 0.3 is 12.0 Å². The summed E-state index contributed by atoms with van der Waals surface area (Å²) < 4.78 is 16.4. The van der Waals surface area contributed by atoms with Crippen LogP contribution in [0.15, 0.2) is 59.8 Å². The van der Waals surface area contributed by atoms with E-state index >= 15 is 0 Å². The normalized spacial score (nSPS) is 16.1. The van der Waals surface area contributed by atoms with Crippen molar-refractivity contribution in [3.05, 3.63) is 70.9 Å². The molecule has 0 fully saturated rings. The number of para-hydroxylation sites is 1. The fourth-order valence-corrected chi connectivity index (χ4v) is 3.11. The molecule has 2 N–H and O–H groups in total. The lowest BCUT2D eigenvalue weighted by atomic mass is 9.94. The third-order valence-electron chi connectivity index (χ3n) is 4.44. The quantitative estimate of drug-likeness (QED) is 0.750. The van der Waals surface area contributed by atoms with Gasteiger partial charge in [0.2, 0.25) is 0 Å². The topological polar surface area (TPSA) is 85.9 Å². The lowest BCUT2D eigenvalue weighted by molar-refractivity contribution is -0.136. The van der Waals surface area contributed by atoms with E-state index in [1.54, 1.807) is 25.1 Å². The first-order valence-electron chi connectivity index (χ1n) is 8.75. The van der Waals surface area contributed by atoms with Crippen molar-refractivity contribution in [2.45, 2.75) is 19.6 Å². The summed E-state index contributed by atoms with van der Waals surface area (Å²) in [7, 11) is 2.84. The Morgan fingerprint density at radius 2 is 1.82 bits per heavy atom. The minimum Gasteiger partial charge on any atom is -0.493 e. The van der Waals surface area contributed by atoms with Crippen LogP contribution in [0, 0.1) is 0 Å². The van der Waals surface area contributed by atoms with Gasteiger partial charge in [-0.25, -0.2) is 9.59 Å². The number of urea groups is 1. The second-order valence-electron chi connectivity index (χ2n) is 6.21. The summed E-state index contributed by atoms with van der Waals surface area (Å²) in [6.07, 6.45) is 0. The van der Waals surface area contributed by atoms with Gasteiger partial charge in [0.1, 0.15) is 6.61 Å². The fourth-order valence-electron chi connectivity index (χ4n) is 3.11. The number of amides is 2. The van der Waals surface area contributed by atoms with Crippen LogP contribution in [-0.4, -0.2) is 26.2 Å². The minimum absolute atomic E-state index is 0.305. The molecule has 1 heterocycles. The van der Waals surface area contributed by atoms with Gasteiger partial charge in [-0.05, 0) is 18.6 Å². The summed E-state index contributed by atoms with van der Waals surface area (Å²) in [4.78, 5) is 24.4. The lowest BCUT2D eigenvalue weighted by Crippen LogP contribution is -2.45. The van der Waals surface area contributed by atoms with E-state index in [0.29, 0.717) is 34.9 Å². The van der Waals surface area contributed by atoms with E-state index in [1.165, 1.54) is 14.2 Å². The van der Waals surface area contributed by atoms with E-state index in [9.17, 15) is 9.59 Å². The molecule has 3 rings (SSSR count). The van der Waals surface area contributed by atoms with Crippen LogP contribution in [-0.2, 0) is 16.1 Å². The molecule has 7 heteroatoms. The minimum atomic E-state index is -0.734. The fraction of sp³-hybridized carbons (Fsp3) is 0.238. The zero-order valence-electron chi connectivity index (χ0n) is 15.9. The Morgan fingerprint density at radius 3 is 2.50 bits per heavy atom.